The Morgan fingerprint density at radius 2 is 2.00 bits per heavy atom. The topological polar surface area (TPSA) is 78.5 Å². The maximum Gasteiger partial charge on any atom is 0.315 e. The fourth-order valence-corrected chi connectivity index (χ4v) is 2.20. The van der Waals surface area contributed by atoms with Crippen molar-refractivity contribution < 1.29 is 13.2 Å². The first-order chi connectivity index (χ1) is 9.79. The zero-order chi connectivity index (χ0) is 15.9. The summed E-state index contributed by atoms with van der Waals surface area (Å²) in [4.78, 5) is 11.6. The van der Waals surface area contributed by atoms with Crippen molar-refractivity contribution in [1.82, 2.24) is 14.9 Å². The van der Waals surface area contributed by atoms with Gasteiger partial charge in [-0.25, -0.2) is 17.5 Å². The smallest absolute Gasteiger partial charge is 0.315 e. The van der Waals surface area contributed by atoms with Crippen LogP contribution in [0, 0.1) is 6.92 Å². The second-order valence-electron chi connectivity index (χ2n) is 5.04. The molecule has 0 fully saturated rings. The highest BCUT2D eigenvalue weighted by Crippen LogP contribution is 2.02. The normalized spacial score (nSPS) is 11.4. The highest BCUT2D eigenvalue weighted by Gasteiger charge is 2.09. The van der Waals surface area contributed by atoms with Crippen molar-refractivity contribution in [3.63, 3.8) is 0 Å². The summed E-state index contributed by atoms with van der Waals surface area (Å²) in [5, 5.41) is 5.47. The number of sulfonamides is 1. The van der Waals surface area contributed by atoms with Gasteiger partial charge in [0, 0.05) is 26.7 Å². The van der Waals surface area contributed by atoms with Gasteiger partial charge in [0.05, 0.1) is 6.26 Å². The van der Waals surface area contributed by atoms with Crippen molar-refractivity contribution in [3.8, 4) is 0 Å². The molecule has 1 rings (SSSR count). The number of rotatable bonds is 7. The number of carbonyl (C=O) groups is 1. The molecule has 0 saturated heterocycles. The Labute approximate surface area is 126 Å². The summed E-state index contributed by atoms with van der Waals surface area (Å²) in [5.41, 5.74) is 2.19. The fraction of sp³-hybridized carbons (Fsp3) is 0.500. The Kier molecular flexibility index (Phi) is 6.64. The lowest BCUT2D eigenvalue weighted by Crippen LogP contribution is -2.37. The van der Waals surface area contributed by atoms with Gasteiger partial charge in [-0.2, -0.15) is 0 Å². The molecule has 6 nitrogen and oxygen atoms in total. The molecule has 0 spiro atoms. The van der Waals surface area contributed by atoms with Crippen molar-refractivity contribution in [1.29, 1.82) is 0 Å². The van der Waals surface area contributed by atoms with E-state index in [2.05, 4.69) is 10.6 Å². The summed E-state index contributed by atoms with van der Waals surface area (Å²) in [7, 11) is -1.63. The third kappa shape index (κ3) is 7.10. The number of nitrogens with zero attached hydrogens (tertiary/aromatic N) is 1. The molecule has 0 aliphatic rings. The summed E-state index contributed by atoms with van der Waals surface area (Å²) in [6.07, 6.45) is 1.73. The standard InChI is InChI=1S/C14H23N3O3S/c1-12-6-4-7-13(10-12)11-16-14(18)15-8-5-9-17(2)21(3,19)20/h4,6-7,10H,5,8-9,11H2,1-3H3,(H2,15,16,18). The SMILES string of the molecule is Cc1cccc(CNC(=O)NCCCN(C)S(C)(=O)=O)c1. The van der Waals surface area contributed by atoms with E-state index in [-0.39, 0.29) is 6.03 Å². The van der Waals surface area contributed by atoms with E-state index in [0.717, 1.165) is 17.4 Å². The molecule has 0 heterocycles. The van der Waals surface area contributed by atoms with Crippen molar-refractivity contribution in [2.75, 3.05) is 26.4 Å². The minimum atomic E-state index is -3.15. The number of urea groups is 1. The lowest BCUT2D eigenvalue weighted by atomic mass is 10.1. The van der Waals surface area contributed by atoms with Crippen LogP contribution in [0.4, 0.5) is 4.79 Å². The van der Waals surface area contributed by atoms with E-state index in [1.165, 1.54) is 11.4 Å². The quantitative estimate of drug-likeness (QED) is 0.739. The van der Waals surface area contributed by atoms with Crippen molar-refractivity contribution in [2.24, 2.45) is 0 Å². The van der Waals surface area contributed by atoms with Crippen LogP contribution in [0.25, 0.3) is 0 Å². The van der Waals surface area contributed by atoms with E-state index in [1.807, 2.05) is 31.2 Å². The van der Waals surface area contributed by atoms with Crippen LogP contribution in [0.5, 0.6) is 0 Å². The van der Waals surface area contributed by atoms with Crippen molar-refractivity contribution in [2.45, 2.75) is 19.9 Å². The minimum absolute atomic E-state index is 0.251. The lowest BCUT2D eigenvalue weighted by Gasteiger charge is -2.14. The number of aryl methyl sites for hydroxylation is 1. The Bertz CT molecular complexity index is 573. The molecule has 0 aliphatic heterocycles. The second kappa shape index (κ2) is 7.99. The number of hydrogen-bond donors (Lipinski definition) is 2. The van der Waals surface area contributed by atoms with Gasteiger partial charge in [0.2, 0.25) is 10.0 Å². The van der Waals surface area contributed by atoms with E-state index in [4.69, 9.17) is 0 Å². The van der Waals surface area contributed by atoms with Crippen LogP contribution in [-0.4, -0.2) is 45.1 Å². The molecule has 0 unspecified atom stereocenters. The van der Waals surface area contributed by atoms with E-state index in [9.17, 15) is 13.2 Å². The molecule has 1 aromatic carbocycles. The largest absolute Gasteiger partial charge is 0.338 e. The molecule has 0 radical (unpaired) electrons. The molecule has 118 valence electrons. The average molecular weight is 313 g/mol. The Morgan fingerprint density at radius 3 is 2.62 bits per heavy atom. The molecule has 2 amide bonds. The average Bonchev–Trinajstić information content (AvgIpc) is 2.40. The van der Waals surface area contributed by atoms with Gasteiger partial charge in [0.15, 0.2) is 0 Å². The van der Waals surface area contributed by atoms with Gasteiger partial charge < -0.3 is 10.6 Å². The summed E-state index contributed by atoms with van der Waals surface area (Å²) in [6, 6.07) is 7.67. The first-order valence-electron chi connectivity index (χ1n) is 6.77. The maximum atomic E-state index is 11.6. The van der Waals surface area contributed by atoms with Gasteiger partial charge in [-0.1, -0.05) is 29.8 Å². The molecular weight excluding hydrogens is 290 g/mol. The lowest BCUT2D eigenvalue weighted by molar-refractivity contribution is 0.240. The van der Waals surface area contributed by atoms with Crippen LogP contribution in [-0.2, 0) is 16.6 Å². The molecular formula is C14H23N3O3S. The van der Waals surface area contributed by atoms with E-state index < -0.39 is 10.0 Å². The summed E-state index contributed by atoms with van der Waals surface area (Å²) in [5.74, 6) is 0. The van der Waals surface area contributed by atoms with Gasteiger partial charge >= 0.3 is 6.03 Å². The van der Waals surface area contributed by atoms with Gasteiger partial charge in [-0.05, 0) is 18.9 Å². The zero-order valence-corrected chi connectivity index (χ0v) is 13.5. The van der Waals surface area contributed by atoms with Crippen molar-refractivity contribution >= 4 is 16.1 Å². The molecule has 1 aromatic rings. The fourth-order valence-electron chi connectivity index (χ4n) is 1.74. The Morgan fingerprint density at radius 1 is 1.29 bits per heavy atom. The third-order valence-electron chi connectivity index (χ3n) is 3.04. The number of amides is 2. The van der Waals surface area contributed by atoms with Crippen LogP contribution >= 0.6 is 0 Å². The van der Waals surface area contributed by atoms with Gasteiger partial charge in [-0.15, -0.1) is 0 Å². The summed E-state index contributed by atoms with van der Waals surface area (Å²) in [6.45, 7) is 3.29. The molecule has 0 bridgehead atoms. The number of hydrogen-bond acceptors (Lipinski definition) is 3. The van der Waals surface area contributed by atoms with Crippen LogP contribution in [0.2, 0.25) is 0 Å². The van der Waals surface area contributed by atoms with Gasteiger partial charge in [-0.3, -0.25) is 0 Å². The Hall–Kier alpha value is -1.60. The van der Waals surface area contributed by atoms with Crippen LogP contribution in [0.3, 0.4) is 0 Å². The molecule has 7 heteroatoms. The Balaban J connectivity index is 2.20. The first kappa shape index (κ1) is 17.5. The molecule has 0 aliphatic carbocycles. The van der Waals surface area contributed by atoms with E-state index in [1.54, 1.807) is 0 Å². The minimum Gasteiger partial charge on any atom is -0.338 e. The number of carbonyl (C=O) groups excluding carboxylic acids is 1. The van der Waals surface area contributed by atoms with Crippen LogP contribution < -0.4 is 10.6 Å². The number of benzene rings is 1. The molecule has 2 N–H and O–H groups in total. The van der Waals surface area contributed by atoms with Crippen molar-refractivity contribution in [3.05, 3.63) is 35.4 Å². The highest BCUT2D eigenvalue weighted by molar-refractivity contribution is 7.88. The van der Waals surface area contributed by atoms with E-state index >= 15 is 0 Å². The first-order valence-corrected chi connectivity index (χ1v) is 8.62. The highest BCUT2D eigenvalue weighted by atomic mass is 32.2. The third-order valence-corrected chi connectivity index (χ3v) is 4.35. The molecule has 0 saturated carbocycles. The number of nitrogens with one attached hydrogen (secondary N) is 2. The molecule has 0 aromatic heterocycles. The van der Waals surface area contributed by atoms with E-state index in [0.29, 0.717) is 26.1 Å². The summed E-state index contributed by atoms with van der Waals surface area (Å²) >= 11 is 0. The summed E-state index contributed by atoms with van der Waals surface area (Å²) < 4.78 is 23.6. The van der Waals surface area contributed by atoms with Crippen LogP contribution in [0.15, 0.2) is 24.3 Å². The predicted molar refractivity (Wildman–Crippen MR) is 83.5 cm³/mol. The zero-order valence-electron chi connectivity index (χ0n) is 12.7. The van der Waals surface area contributed by atoms with Gasteiger partial charge in [0.25, 0.3) is 0 Å². The maximum absolute atomic E-state index is 11.6. The molecule has 21 heavy (non-hydrogen) atoms. The molecule has 0 atom stereocenters. The van der Waals surface area contributed by atoms with Gasteiger partial charge in [0.1, 0.15) is 0 Å². The predicted octanol–water partition coefficient (Wildman–Crippen LogP) is 1.08. The second-order valence-corrected chi connectivity index (χ2v) is 7.13. The van der Waals surface area contributed by atoms with Crippen LogP contribution in [0.1, 0.15) is 17.5 Å². The monoisotopic (exact) mass is 313 g/mol.